The maximum absolute atomic E-state index is 5.89. The molecule has 0 aromatic heterocycles. The van der Waals surface area contributed by atoms with Gasteiger partial charge in [0.2, 0.25) is 0 Å². The van der Waals surface area contributed by atoms with Crippen LogP contribution in [0.25, 0.3) is 6.08 Å². The van der Waals surface area contributed by atoms with Crippen molar-refractivity contribution < 1.29 is 0 Å². The molecule has 1 fully saturated rings. The SMILES string of the molecule is Cl.NC(=NC=Cc1ccc(Cl)c(Cl)c1)C1CC1. The van der Waals surface area contributed by atoms with Crippen LogP contribution in [0.1, 0.15) is 18.4 Å². The highest BCUT2D eigenvalue weighted by molar-refractivity contribution is 6.42. The zero-order chi connectivity index (χ0) is 11.5. The molecule has 0 spiro atoms. The summed E-state index contributed by atoms with van der Waals surface area (Å²) in [7, 11) is 0. The lowest BCUT2D eigenvalue weighted by Crippen LogP contribution is -2.12. The Kier molecular flexibility index (Phi) is 5.31. The highest BCUT2D eigenvalue weighted by atomic mass is 35.5. The van der Waals surface area contributed by atoms with Gasteiger partial charge in [-0.1, -0.05) is 29.3 Å². The topological polar surface area (TPSA) is 38.4 Å². The normalized spacial score (nSPS) is 16.0. The lowest BCUT2D eigenvalue weighted by atomic mass is 10.2. The van der Waals surface area contributed by atoms with Crippen molar-refractivity contribution in [3.05, 3.63) is 40.0 Å². The summed E-state index contributed by atoms with van der Waals surface area (Å²) in [4.78, 5) is 4.17. The van der Waals surface area contributed by atoms with E-state index in [1.165, 1.54) is 0 Å². The summed E-state index contributed by atoms with van der Waals surface area (Å²) < 4.78 is 0. The van der Waals surface area contributed by atoms with Gasteiger partial charge in [-0.3, -0.25) is 0 Å². The third-order valence-electron chi connectivity index (χ3n) is 2.43. The molecule has 17 heavy (non-hydrogen) atoms. The maximum Gasteiger partial charge on any atom is 0.102 e. The van der Waals surface area contributed by atoms with Gasteiger partial charge < -0.3 is 5.73 Å². The van der Waals surface area contributed by atoms with Crippen LogP contribution >= 0.6 is 35.6 Å². The van der Waals surface area contributed by atoms with E-state index in [4.69, 9.17) is 28.9 Å². The molecular formula is C12H13Cl3N2. The number of halogens is 3. The van der Waals surface area contributed by atoms with Crippen LogP contribution in [-0.4, -0.2) is 5.84 Å². The molecule has 0 bridgehead atoms. The van der Waals surface area contributed by atoms with Gasteiger partial charge in [0.15, 0.2) is 0 Å². The van der Waals surface area contributed by atoms with E-state index in [2.05, 4.69) is 4.99 Å². The summed E-state index contributed by atoms with van der Waals surface area (Å²) in [5.74, 6) is 1.22. The Morgan fingerprint density at radius 3 is 2.59 bits per heavy atom. The number of hydrogen-bond donors (Lipinski definition) is 1. The summed E-state index contributed by atoms with van der Waals surface area (Å²) in [6, 6.07) is 5.44. The lowest BCUT2D eigenvalue weighted by molar-refractivity contribution is 1.15. The van der Waals surface area contributed by atoms with Crippen molar-refractivity contribution in [2.45, 2.75) is 12.8 Å². The average Bonchev–Trinajstić information content (AvgIpc) is 3.07. The Balaban J connectivity index is 0.00000144. The van der Waals surface area contributed by atoms with Gasteiger partial charge in [0.1, 0.15) is 5.84 Å². The Hall–Kier alpha value is -0.700. The molecule has 92 valence electrons. The van der Waals surface area contributed by atoms with Crippen molar-refractivity contribution in [3.63, 3.8) is 0 Å². The minimum Gasteiger partial charge on any atom is -0.387 e. The smallest absolute Gasteiger partial charge is 0.102 e. The fourth-order valence-corrected chi connectivity index (χ4v) is 1.62. The van der Waals surface area contributed by atoms with Crippen LogP contribution in [0, 0.1) is 5.92 Å². The van der Waals surface area contributed by atoms with Gasteiger partial charge in [-0.25, -0.2) is 4.99 Å². The standard InChI is InChI=1S/C12H12Cl2N2.ClH/c13-10-4-1-8(7-11(10)14)5-6-16-12(15)9-2-3-9;/h1,4-7,9H,2-3H2,(H2,15,16);1H. The number of nitrogens with zero attached hydrogens (tertiary/aromatic N) is 1. The number of aliphatic imine (C=N–C) groups is 1. The largest absolute Gasteiger partial charge is 0.387 e. The van der Waals surface area contributed by atoms with E-state index < -0.39 is 0 Å². The van der Waals surface area contributed by atoms with Crippen LogP contribution in [0.3, 0.4) is 0 Å². The van der Waals surface area contributed by atoms with Crippen LogP contribution in [-0.2, 0) is 0 Å². The predicted octanol–water partition coefficient (Wildman–Crippen LogP) is 4.15. The molecule has 0 atom stereocenters. The molecule has 2 N–H and O–H groups in total. The second kappa shape index (κ2) is 6.29. The monoisotopic (exact) mass is 290 g/mol. The minimum atomic E-state index is 0. The number of hydrogen-bond acceptors (Lipinski definition) is 1. The second-order valence-electron chi connectivity index (χ2n) is 3.82. The number of rotatable bonds is 3. The molecule has 0 radical (unpaired) electrons. The molecule has 0 unspecified atom stereocenters. The zero-order valence-corrected chi connectivity index (χ0v) is 11.4. The molecule has 0 amide bonds. The van der Waals surface area contributed by atoms with Crippen molar-refractivity contribution in [3.8, 4) is 0 Å². The lowest BCUT2D eigenvalue weighted by Gasteiger charge is -1.97. The van der Waals surface area contributed by atoms with Gasteiger partial charge in [-0.15, -0.1) is 12.4 Å². The molecule has 0 saturated heterocycles. The summed E-state index contributed by atoms with van der Waals surface area (Å²) in [6.45, 7) is 0. The van der Waals surface area contributed by atoms with E-state index in [0.29, 0.717) is 16.0 Å². The van der Waals surface area contributed by atoms with Gasteiger partial charge in [0, 0.05) is 12.1 Å². The maximum atomic E-state index is 5.89. The van der Waals surface area contributed by atoms with Crippen LogP contribution in [0.4, 0.5) is 0 Å². The molecular weight excluding hydrogens is 279 g/mol. The summed E-state index contributed by atoms with van der Waals surface area (Å²) >= 11 is 11.7. The molecule has 1 aliphatic rings. The van der Waals surface area contributed by atoms with Crippen LogP contribution in [0.2, 0.25) is 10.0 Å². The first-order valence-electron chi connectivity index (χ1n) is 5.11. The Labute approximate surface area is 117 Å². The molecule has 2 nitrogen and oxygen atoms in total. The molecule has 1 saturated carbocycles. The number of amidine groups is 1. The van der Waals surface area contributed by atoms with Crippen LogP contribution in [0.5, 0.6) is 0 Å². The van der Waals surface area contributed by atoms with Gasteiger partial charge in [0.25, 0.3) is 0 Å². The fourth-order valence-electron chi connectivity index (χ4n) is 1.31. The van der Waals surface area contributed by atoms with Crippen LogP contribution in [0.15, 0.2) is 29.4 Å². The number of benzene rings is 1. The molecule has 2 rings (SSSR count). The molecule has 0 aliphatic heterocycles. The Morgan fingerprint density at radius 1 is 1.29 bits per heavy atom. The highest BCUT2D eigenvalue weighted by Crippen LogP contribution is 2.28. The minimum absolute atomic E-state index is 0. The third kappa shape index (κ3) is 4.23. The van der Waals surface area contributed by atoms with Crippen molar-refractivity contribution in [2.75, 3.05) is 0 Å². The first-order chi connectivity index (χ1) is 7.66. The molecule has 1 aromatic rings. The highest BCUT2D eigenvalue weighted by Gasteiger charge is 2.24. The average molecular weight is 292 g/mol. The third-order valence-corrected chi connectivity index (χ3v) is 3.17. The first-order valence-corrected chi connectivity index (χ1v) is 5.87. The van der Waals surface area contributed by atoms with E-state index in [9.17, 15) is 0 Å². The van der Waals surface area contributed by atoms with Crippen molar-refractivity contribution in [2.24, 2.45) is 16.6 Å². The van der Waals surface area contributed by atoms with Gasteiger partial charge >= 0.3 is 0 Å². The van der Waals surface area contributed by atoms with E-state index in [-0.39, 0.29) is 12.4 Å². The summed E-state index contributed by atoms with van der Waals surface area (Å²) in [5.41, 5.74) is 6.71. The van der Waals surface area contributed by atoms with Crippen molar-refractivity contribution in [1.82, 2.24) is 0 Å². The predicted molar refractivity (Wildman–Crippen MR) is 77.1 cm³/mol. The van der Waals surface area contributed by atoms with Gasteiger partial charge in [0.05, 0.1) is 10.0 Å². The zero-order valence-electron chi connectivity index (χ0n) is 9.07. The molecule has 5 heteroatoms. The first kappa shape index (κ1) is 14.4. The quantitative estimate of drug-likeness (QED) is 0.659. The van der Waals surface area contributed by atoms with E-state index >= 15 is 0 Å². The number of nitrogens with two attached hydrogens (primary N) is 1. The molecule has 1 aliphatic carbocycles. The van der Waals surface area contributed by atoms with Gasteiger partial charge in [-0.05, 0) is 36.6 Å². The Bertz CT molecular complexity index is 451. The van der Waals surface area contributed by atoms with Crippen molar-refractivity contribution >= 4 is 47.5 Å². The Morgan fingerprint density at radius 2 is 2.00 bits per heavy atom. The van der Waals surface area contributed by atoms with Crippen molar-refractivity contribution in [1.29, 1.82) is 0 Å². The van der Waals surface area contributed by atoms with E-state index in [0.717, 1.165) is 24.2 Å². The van der Waals surface area contributed by atoms with E-state index in [1.807, 2.05) is 12.1 Å². The van der Waals surface area contributed by atoms with E-state index in [1.54, 1.807) is 18.3 Å². The molecule has 0 heterocycles. The van der Waals surface area contributed by atoms with Crippen LogP contribution < -0.4 is 5.73 Å². The fraction of sp³-hybridized carbons (Fsp3) is 0.250. The van der Waals surface area contributed by atoms with Gasteiger partial charge in [-0.2, -0.15) is 0 Å². The second-order valence-corrected chi connectivity index (χ2v) is 4.63. The summed E-state index contributed by atoms with van der Waals surface area (Å²) in [6.07, 6.45) is 5.89. The molecule has 1 aromatic carbocycles. The summed E-state index contributed by atoms with van der Waals surface area (Å²) in [5, 5.41) is 1.10.